The average Bonchev–Trinajstić information content (AvgIpc) is 2.01. The van der Waals surface area contributed by atoms with Crippen molar-refractivity contribution in [2.45, 2.75) is 20.3 Å². The number of amides is 1. The highest BCUT2D eigenvalue weighted by Gasteiger charge is 2.38. The van der Waals surface area contributed by atoms with Gasteiger partial charge in [0.2, 0.25) is 5.91 Å². The first-order valence-electron chi connectivity index (χ1n) is 3.96. The summed E-state index contributed by atoms with van der Waals surface area (Å²) in [6.07, 6.45) is -2.66. The zero-order valence-corrected chi connectivity index (χ0v) is 8.25. The lowest BCUT2D eigenvalue weighted by atomic mass is 9.92. The van der Waals surface area contributed by atoms with Gasteiger partial charge in [0.05, 0.1) is 6.54 Å². The topological polar surface area (TPSA) is 57.6 Å². The van der Waals surface area contributed by atoms with Gasteiger partial charge < -0.3 is 10.0 Å². The Hall–Kier alpha value is -1.20. The van der Waals surface area contributed by atoms with E-state index in [1.165, 1.54) is 13.8 Å². The van der Waals surface area contributed by atoms with E-state index < -0.39 is 30.3 Å². The van der Waals surface area contributed by atoms with Crippen LogP contribution in [-0.2, 0) is 9.59 Å². The van der Waals surface area contributed by atoms with E-state index in [4.69, 9.17) is 5.11 Å². The number of rotatable bonds is 4. The van der Waals surface area contributed by atoms with Crippen LogP contribution in [0.1, 0.15) is 13.8 Å². The third-order valence-electron chi connectivity index (χ3n) is 1.83. The molecule has 0 spiro atoms. The molecule has 0 unspecified atom stereocenters. The van der Waals surface area contributed by atoms with Crippen molar-refractivity contribution in [3.8, 4) is 0 Å². The SMILES string of the molecule is CN(CC(F)F)C(=O)C(C)(C)C(=O)O. The lowest BCUT2D eigenvalue weighted by Crippen LogP contribution is -2.44. The number of halogens is 2. The number of aliphatic carboxylic acids is 1. The van der Waals surface area contributed by atoms with Crippen molar-refractivity contribution in [1.82, 2.24) is 4.90 Å². The summed E-state index contributed by atoms with van der Waals surface area (Å²) in [5, 5.41) is 8.66. The summed E-state index contributed by atoms with van der Waals surface area (Å²) in [4.78, 5) is 22.7. The van der Waals surface area contributed by atoms with Crippen LogP contribution < -0.4 is 0 Å². The van der Waals surface area contributed by atoms with E-state index in [2.05, 4.69) is 0 Å². The Morgan fingerprint density at radius 1 is 1.43 bits per heavy atom. The third kappa shape index (κ3) is 2.93. The largest absolute Gasteiger partial charge is 0.480 e. The second-order valence-electron chi connectivity index (χ2n) is 3.51. The second-order valence-corrected chi connectivity index (χ2v) is 3.51. The molecule has 82 valence electrons. The highest BCUT2D eigenvalue weighted by molar-refractivity contribution is 6.00. The standard InChI is InChI=1S/C8H13F2NO3/c1-8(2,7(13)14)6(12)11(3)4-5(9)10/h5H,4H2,1-3H3,(H,13,14). The zero-order chi connectivity index (χ0) is 11.5. The van der Waals surface area contributed by atoms with Crippen LogP contribution >= 0.6 is 0 Å². The predicted molar refractivity (Wildman–Crippen MR) is 45.1 cm³/mol. The van der Waals surface area contributed by atoms with Crippen LogP contribution in [0.2, 0.25) is 0 Å². The maximum absolute atomic E-state index is 11.9. The lowest BCUT2D eigenvalue weighted by molar-refractivity contribution is -0.158. The van der Waals surface area contributed by atoms with Crippen molar-refractivity contribution in [3.05, 3.63) is 0 Å². The minimum atomic E-state index is -2.66. The fourth-order valence-corrected chi connectivity index (χ4v) is 0.859. The van der Waals surface area contributed by atoms with Gasteiger partial charge in [0, 0.05) is 7.05 Å². The number of carbonyl (C=O) groups excluding carboxylic acids is 1. The molecule has 0 fully saturated rings. The van der Waals surface area contributed by atoms with Crippen molar-refractivity contribution in [3.63, 3.8) is 0 Å². The molecule has 0 rings (SSSR count). The summed E-state index contributed by atoms with van der Waals surface area (Å²) in [5.74, 6) is -2.16. The highest BCUT2D eigenvalue weighted by Crippen LogP contribution is 2.18. The Balaban J connectivity index is 4.53. The van der Waals surface area contributed by atoms with Crippen LogP contribution in [0.4, 0.5) is 8.78 Å². The lowest BCUT2D eigenvalue weighted by Gasteiger charge is -2.25. The minimum Gasteiger partial charge on any atom is -0.480 e. The maximum atomic E-state index is 11.9. The van der Waals surface area contributed by atoms with Gasteiger partial charge in [-0.05, 0) is 13.8 Å². The van der Waals surface area contributed by atoms with E-state index in [1.54, 1.807) is 0 Å². The molecular formula is C8H13F2NO3. The first kappa shape index (κ1) is 12.8. The van der Waals surface area contributed by atoms with Crippen molar-refractivity contribution >= 4 is 11.9 Å². The van der Waals surface area contributed by atoms with Gasteiger partial charge in [-0.25, -0.2) is 8.78 Å². The molecule has 0 heterocycles. The maximum Gasteiger partial charge on any atom is 0.318 e. The fraction of sp³-hybridized carbons (Fsp3) is 0.750. The first-order chi connectivity index (χ1) is 6.19. The molecule has 1 N–H and O–H groups in total. The molecule has 4 nitrogen and oxygen atoms in total. The van der Waals surface area contributed by atoms with Gasteiger partial charge in [-0.3, -0.25) is 9.59 Å². The van der Waals surface area contributed by atoms with Crippen molar-refractivity contribution in [1.29, 1.82) is 0 Å². The zero-order valence-electron chi connectivity index (χ0n) is 8.25. The number of hydrogen-bond donors (Lipinski definition) is 1. The molecule has 0 atom stereocenters. The summed E-state index contributed by atoms with van der Waals surface area (Å²) < 4.78 is 23.8. The highest BCUT2D eigenvalue weighted by atomic mass is 19.3. The van der Waals surface area contributed by atoms with Gasteiger partial charge in [-0.15, -0.1) is 0 Å². The Morgan fingerprint density at radius 2 is 1.86 bits per heavy atom. The molecule has 6 heteroatoms. The summed E-state index contributed by atoms with van der Waals surface area (Å²) in [6.45, 7) is 1.61. The quantitative estimate of drug-likeness (QED) is 0.697. The van der Waals surface area contributed by atoms with Gasteiger partial charge >= 0.3 is 5.97 Å². The molecule has 0 aromatic rings. The van der Waals surface area contributed by atoms with Crippen molar-refractivity contribution < 1.29 is 23.5 Å². The Morgan fingerprint density at radius 3 is 2.14 bits per heavy atom. The van der Waals surface area contributed by atoms with Gasteiger partial charge in [0.1, 0.15) is 5.41 Å². The summed E-state index contributed by atoms with van der Waals surface area (Å²) in [5.41, 5.74) is -1.66. The first-order valence-corrected chi connectivity index (χ1v) is 3.96. The molecule has 0 aliphatic carbocycles. The van der Waals surface area contributed by atoms with Crippen LogP contribution in [-0.4, -0.2) is 41.9 Å². The molecular weight excluding hydrogens is 196 g/mol. The second kappa shape index (κ2) is 4.34. The normalized spacial score (nSPS) is 11.6. The molecule has 0 radical (unpaired) electrons. The summed E-state index contributed by atoms with van der Waals surface area (Å²) in [6, 6.07) is 0. The number of nitrogens with zero attached hydrogens (tertiary/aromatic N) is 1. The molecule has 0 saturated heterocycles. The van der Waals surface area contributed by atoms with Crippen molar-refractivity contribution in [2.24, 2.45) is 5.41 Å². The van der Waals surface area contributed by atoms with E-state index in [0.717, 1.165) is 11.9 Å². The fourth-order valence-electron chi connectivity index (χ4n) is 0.859. The van der Waals surface area contributed by atoms with E-state index >= 15 is 0 Å². The third-order valence-corrected chi connectivity index (χ3v) is 1.83. The Kier molecular flexibility index (Phi) is 3.97. The summed E-state index contributed by atoms with van der Waals surface area (Å²) in [7, 11) is 1.15. The number of alkyl halides is 2. The van der Waals surface area contributed by atoms with E-state index in [0.29, 0.717) is 0 Å². The molecule has 0 saturated carbocycles. The van der Waals surface area contributed by atoms with Gasteiger partial charge in [-0.2, -0.15) is 0 Å². The molecule has 0 aromatic heterocycles. The van der Waals surface area contributed by atoms with Crippen LogP contribution in [0.15, 0.2) is 0 Å². The van der Waals surface area contributed by atoms with Crippen molar-refractivity contribution in [2.75, 3.05) is 13.6 Å². The average molecular weight is 209 g/mol. The molecule has 0 bridgehead atoms. The number of carbonyl (C=O) groups is 2. The Labute approximate surface area is 80.5 Å². The van der Waals surface area contributed by atoms with Gasteiger partial charge in [-0.1, -0.05) is 0 Å². The van der Waals surface area contributed by atoms with E-state index in [-0.39, 0.29) is 0 Å². The van der Waals surface area contributed by atoms with Crippen LogP contribution in [0, 0.1) is 5.41 Å². The summed E-state index contributed by atoms with van der Waals surface area (Å²) >= 11 is 0. The van der Waals surface area contributed by atoms with Gasteiger partial charge in [0.25, 0.3) is 6.43 Å². The number of hydrogen-bond acceptors (Lipinski definition) is 2. The number of carboxylic acids is 1. The number of carboxylic acid groups (broad SMARTS) is 1. The van der Waals surface area contributed by atoms with Crippen LogP contribution in [0.25, 0.3) is 0 Å². The van der Waals surface area contributed by atoms with Gasteiger partial charge in [0.15, 0.2) is 0 Å². The molecule has 14 heavy (non-hydrogen) atoms. The minimum absolute atomic E-state index is 0.721. The van der Waals surface area contributed by atoms with E-state index in [1.807, 2.05) is 0 Å². The molecule has 1 amide bonds. The van der Waals surface area contributed by atoms with Crippen LogP contribution in [0.5, 0.6) is 0 Å². The smallest absolute Gasteiger partial charge is 0.318 e. The molecule has 0 aromatic carbocycles. The monoisotopic (exact) mass is 209 g/mol. The molecule has 0 aliphatic heterocycles. The van der Waals surface area contributed by atoms with Crippen LogP contribution in [0.3, 0.4) is 0 Å². The van der Waals surface area contributed by atoms with E-state index in [9.17, 15) is 18.4 Å². The predicted octanol–water partition coefficient (Wildman–Crippen LogP) is 0.821. The molecule has 0 aliphatic rings. The Bertz CT molecular complexity index is 241.